The van der Waals surface area contributed by atoms with E-state index in [1.54, 1.807) is 48.8 Å². The number of amides is 1. The summed E-state index contributed by atoms with van der Waals surface area (Å²) in [6, 6.07) is 12.5. The quantitative estimate of drug-likeness (QED) is 0.730. The van der Waals surface area contributed by atoms with Gasteiger partial charge in [-0.2, -0.15) is 0 Å². The minimum absolute atomic E-state index is 0.240. The van der Waals surface area contributed by atoms with Gasteiger partial charge in [-0.15, -0.1) is 6.42 Å². The van der Waals surface area contributed by atoms with Crippen molar-refractivity contribution in [1.29, 1.82) is 0 Å². The molecule has 0 saturated heterocycles. The highest BCUT2D eigenvalue weighted by atomic mass is 16.1. The summed E-state index contributed by atoms with van der Waals surface area (Å²) in [7, 11) is 0. The van der Waals surface area contributed by atoms with Crippen molar-refractivity contribution in [3.8, 4) is 12.3 Å². The summed E-state index contributed by atoms with van der Waals surface area (Å²) < 4.78 is 0. The smallest absolute Gasteiger partial charge is 0.257 e. The Hall–Kier alpha value is -3.19. The molecule has 0 aliphatic rings. The second-order valence-corrected chi connectivity index (χ2v) is 4.41. The third-order valence-electron chi connectivity index (χ3n) is 3.03. The van der Waals surface area contributed by atoms with Crippen LogP contribution < -0.4 is 5.32 Å². The molecule has 0 saturated carbocycles. The minimum atomic E-state index is -0.240. The van der Waals surface area contributed by atoms with Gasteiger partial charge < -0.3 is 5.32 Å². The number of nitrogens with one attached hydrogen (secondary N) is 1. The van der Waals surface area contributed by atoms with Crippen LogP contribution in [0.4, 0.5) is 5.69 Å². The number of hydrogen-bond acceptors (Lipinski definition) is 3. The molecule has 4 heteroatoms. The summed E-state index contributed by atoms with van der Waals surface area (Å²) in [6.45, 7) is 0. The van der Waals surface area contributed by atoms with Crippen molar-refractivity contribution < 1.29 is 4.79 Å². The largest absolute Gasteiger partial charge is 0.322 e. The Kier molecular flexibility index (Phi) is 3.32. The van der Waals surface area contributed by atoms with Crippen LogP contribution in [0.1, 0.15) is 15.9 Å². The number of carbonyl (C=O) groups is 1. The SMILES string of the molecule is C#Cc1cccc(NC(=O)c2cccc3nccnc23)c1. The summed E-state index contributed by atoms with van der Waals surface area (Å²) in [5.74, 6) is 2.30. The molecule has 1 aromatic heterocycles. The molecular weight excluding hydrogens is 262 g/mol. The van der Waals surface area contributed by atoms with Gasteiger partial charge in [-0.3, -0.25) is 14.8 Å². The van der Waals surface area contributed by atoms with Crippen LogP contribution in [0.15, 0.2) is 54.9 Å². The van der Waals surface area contributed by atoms with Gasteiger partial charge in [-0.05, 0) is 30.3 Å². The van der Waals surface area contributed by atoms with Crippen molar-refractivity contribution in [2.75, 3.05) is 5.32 Å². The third-order valence-corrected chi connectivity index (χ3v) is 3.03. The average Bonchev–Trinajstić information content (AvgIpc) is 2.54. The predicted octanol–water partition coefficient (Wildman–Crippen LogP) is 2.86. The van der Waals surface area contributed by atoms with Crippen LogP contribution in [0.5, 0.6) is 0 Å². The first-order valence-corrected chi connectivity index (χ1v) is 6.36. The molecule has 0 aliphatic heterocycles. The minimum Gasteiger partial charge on any atom is -0.322 e. The molecule has 1 amide bonds. The predicted molar refractivity (Wildman–Crippen MR) is 81.9 cm³/mol. The summed E-state index contributed by atoms with van der Waals surface area (Å²) in [4.78, 5) is 20.8. The second kappa shape index (κ2) is 5.43. The first-order valence-electron chi connectivity index (χ1n) is 6.36. The fourth-order valence-electron chi connectivity index (χ4n) is 2.06. The zero-order chi connectivity index (χ0) is 14.7. The molecular formula is C17H11N3O. The first-order chi connectivity index (χ1) is 10.3. The van der Waals surface area contributed by atoms with Crippen molar-refractivity contribution in [3.63, 3.8) is 0 Å². The number of benzene rings is 2. The van der Waals surface area contributed by atoms with E-state index >= 15 is 0 Å². The van der Waals surface area contributed by atoms with Crippen LogP contribution in [-0.2, 0) is 0 Å². The Labute approximate surface area is 121 Å². The Morgan fingerprint density at radius 1 is 1.10 bits per heavy atom. The van der Waals surface area contributed by atoms with Gasteiger partial charge in [-0.1, -0.05) is 18.1 Å². The fourth-order valence-corrected chi connectivity index (χ4v) is 2.06. The van der Waals surface area contributed by atoms with Gasteiger partial charge in [0.1, 0.15) is 5.52 Å². The molecule has 2 aromatic carbocycles. The molecule has 0 fully saturated rings. The molecule has 3 aromatic rings. The normalized spacial score (nSPS) is 10.0. The number of hydrogen-bond donors (Lipinski definition) is 1. The van der Waals surface area contributed by atoms with E-state index in [1.165, 1.54) is 0 Å². The van der Waals surface area contributed by atoms with E-state index in [4.69, 9.17) is 6.42 Å². The van der Waals surface area contributed by atoms with Gasteiger partial charge in [0.2, 0.25) is 0 Å². The zero-order valence-electron chi connectivity index (χ0n) is 11.1. The molecule has 1 N–H and O–H groups in total. The molecule has 0 aliphatic carbocycles. The molecule has 0 spiro atoms. The maximum Gasteiger partial charge on any atom is 0.257 e. The molecule has 100 valence electrons. The molecule has 21 heavy (non-hydrogen) atoms. The average molecular weight is 273 g/mol. The van der Waals surface area contributed by atoms with E-state index in [2.05, 4.69) is 21.2 Å². The van der Waals surface area contributed by atoms with Crippen LogP contribution in [0.25, 0.3) is 11.0 Å². The number of aromatic nitrogens is 2. The van der Waals surface area contributed by atoms with Crippen LogP contribution in [-0.4, -0.2) is 15.9 Å². The second-order valence-electron chi connectivity index (χ2n) is 4.41. The van der Waals surface area contributed by atoms with E-state index in [9.17, 15) is 4.79 Å². The number of para-hydroxylation sites is 1. The molecule has 0 atom stereocenters. The van der Waals surface area contributed by atoms with E-state index in [1.807, 2.05) is 6.07 Å². The van der Waals surface area contributed by atoms with Crippen molar-refractivity contribution in [2.24, 2.45) is 0 Å². The Morgan fingerprint density at radius 3 is 2.76 bits per heavy atom. The maximum atomic E-state index is 12.4. The third kappa shape index (κ3) is 2.58. The Morgan fingerprint density at radius 2 is 1.90 bits per heavy atom. The lowest BCUT2D eigenvalue weighted by Crippen LogP contribution is -2.13. The van der Waals surface area contributed by atoms with Crippen LogP contribution >= 0.6 is 0 Å². The van der Waals surface area contributed by atoms with Crippen molar-refractivity contribution >= 4 is 22.6 Å². The summed E-state index contributed by atoms with van der Waals surface area (Å²) in [6.07, 6.45) is 8.52. The van der Waals surface area contributed by atoms with E-state index in [-0.39, 0.29) is 5.91 Å². The summed E-state index contributed by atoms with van der Waals surface area (Å²) >= 11 is 0. The zero-order valence-corrected chi connectivity index (χ0v) is 11.1. The number of carbonyl (C=O) groups excluding carboxylic acids is 1. The highest BCUT2D eigenvalue weighted by Crippen LogP contribution is 2.16. The van der Waals surface area contributed by atoms with Crippen LogP contribution in [0, 0.1) is 12.3 Å². The van der Waals surface area contributed by atoms with Gasteiger partial charge in [0.05, 0.1) is 11.1 Å². The van der Waals surface area contributed by atoms with Gasteiger partial charge >= 0.3 is 0 Å². The summed E-state index contributed by atoms with van der Waals surface area (Å²) in [5.41, 5.74) is 3.10. The molecule has 0 unspecified atom stereocenters. The van der Waals surface area contributed by atoms with E-state index < -0.39 is 0 Å². The fraction of sp³-hybridized carbons (Fsp3) is 0. The standard InChI is InChI=1S/C17H11N3O/c1-2-12-5-3-6-13(11-12)20-17(21)14-7-4-8-15-16(14)19-10-9-18-15/h1,3-11H,(H,20,21). The highest BCUT2D eigenvalue weighted by molar-refractivity contribution is 6.11. The van der Waals surface area contributed by atoms with Crippen LogP contribution in [0.3, 0.4) is 0 Å². The van der Waals surface area contributed by atoms with Crippen molar-refractivity contribution in [2.45, 2.75) is 0 Å². The van der Waals surface area contributed by atoms with Gasteiger partial charge in [0, 0.05) is 23.6 Å². The molecule has 3 rings (SSSR count). The van der Waals surface area contributed by atoms with Gasteiger partial charge in [0.15, 0.2) is 0 Å². The summed E-state index contributed by atoms with van der Waals surface area (Å²) in [5, 5.41) is 2.82. The lowest BCUT2D eigenvalue weighted by molar-refractivity contribution is 0.102. The maximum absolute atomic E-state index is 12.4. The van der Waals surface area contributed by atoms with E-state index in [0.717, 1.165) is 0 Å². The number of rotatable bonds is 2. The van der Waals surface area contributed by atoms with Crippen LogP contribution in [0.2, 0.25) is 0 Å². The number of anilines is 1. The lowest BCUT2D eigenvalue weighted by atomic mass is 10.1. The highest BCUT2D eigenvalue weighted by Gasteiger charge is 2.11. The molecule has 0 radical (unpaired) electrons. The van der Waals surface area contributed by atoms with Gasteiger partial charge in [0.25, 0.3) is 5.91 Å². The molecule has 0 bridgehead atoms. The Balaban J connectivity index is 1.96. The monoisotopic (exact) mass is 273 g/mol. The van der Waals surface area contributed by atoms with Gasteiger partial charge in [-0.25, -0.2) is 0 Å². The molecule has 1 heterocycles. The molecule has 4 nitrogen and oxygen atoms in total. The number of fused-ring (bicyclic) bond motifs is 1. The van der Waals surface area contributed by atoms with Crippen molar-refractivity contribution in [3.05, 3.63) is 66.0 Å². The Bertz CT molecular complexity index is 860. The first kappa shape index (κ1) is 12.8. The lowest BCUT2D eigenvalue weighted by Gasteiger charge is -2.07. The van der Waals surface area contributed by atoms with Crippen molar-refractivity contribution in [1.82, 2.24) is 9.97 Å². The number of nitrogens with zero attached hydrogens (tertiary/aromatic N) is 2. The number of terminal acetylenes is 1. The topological polar surface area (TPSA) is 54.9 Å². The van der Waals surface area contributed by atoms with E-state index in [0.29, 0.717) is 27.8 Å².